The summed E-state index contributed by atoms with van der Waals surface area (Å²) in [7, 11) is 0. The standard InChI is InChI=1S/C23H29N3O2S/c1-15(2)13-17-5-7-18(8-6-17)22(16(3)4)24-20(27)9-10-21-25-23(26-28-21)19-11-12-29-14-19/h5-8,11-12,14-16,22H,9-10,13H2,1-4H3,(H,24,27). The van der Waals surface area contributed by atoms with Crippen LogP contribution >= 0.6 is 11.3 Å². The van der Waals surface area contributed by atoms with Crippen LogP contribution in [0.15, 0.2) is 45.6 Å². The first-order valence-electron chi connectivity index (χ1n) is 10.2. The molecule has 3 rings (SSSR count). The molecule has 0 aliphatic rings. The van der Waals surface area contributed by atoms with Crippen molar-refractivity contribution in [2.24, 2.45) is 11.8 Å². The Hall–Kier alpha value is -2.47. The van der Waals surface area contributed by atoms with E-state index in [1.165, 1.54) is 5.56 Å². The van der Waals surface area contributed by atoms with E-state index in [9.17, 15) is 4.79 Å². The van der Waals surface area contributed by atoms with E-state index in [4.69, 9.17) is 4.52 Å². The minimum Gasteiger partial charge on any atom is -0.349 e. The second-order valence-electron chi connectivity index (χ2n) is 8.15. The molecular weight excluding hydrogens is 382 g/mol. The van der Waals surface area contributed by atoms with Gasteiger partial charge in [-0.3, -0.25) is 4.79 Å². The average Bonchev–Trinajstić information content (AvgIpc) is 3.36. The van der Waals surface area contributed by atoms with Crippen LogP contribution in [0.5, 0.6) is 0 Å². The molecule has 3 aromatic rings. The normalized spacial score (nSPS) is 12.5. The molecule has 2 heterocycles. The van der Waals surface area contributed by atoms with E-state index in [1.54, 1.807) is 11.3 Å². The number of hydrogen-bond acceptors (Lipinski definition) is 5. The van der Waals surface area contributed by atoms with Crippen molar-refractivity contribution in [3.05, 3.63) is 58.1 Å². The first kappa shape index (κ1) is 21.2. The van der Waals surface area contributed by atoms with E-state index < -0.39 is 0 Å². The summed E-state index contributed by atoms with van der Waals surface area (Å²) in [5, 5.41) is 11.1. The lowest BCUT2D eigenvalue weighted by Crippen LogP contribution is -2.31. The maximum Gasteiger partial charge on any atom is 0.227 e. The number of nitrogens with one attached hydrogen (secondary N) is 1. The van der Waals surface area contributed by atoms with Gasteiger partial charge in [-0.1, -0.05) is 57.1 Å². The van der Waals surface area contributed by atoms with E-state index in [0.29, 0.717) is 36.4 Å². The highest BCUT2D eigenvalue weighted by atomic mass is 32.1. The van der Waals surface area contributed by atoms with Crippen LogP contribution in [0.2, 0.25) is 0 Å². The van der Waals surface area contributed by atoms with E-state index in [2.05, 4.69) is 67.4 Å². The topological polar surface area (TPSA) is 68.0 Å². The van der Waals surface area contributed by atoms with Gasteiger partial charge in [0, 0.05) is 23.8 Å². The second kappa shape index (κ2) is 9.83. The third-order valence-electron chi connectivity index (χ3n) is 4.78. The van der Waals surface area contributed by atoms with Gasteiger partial charge in [0.1, 0.15) is 0 Å². The highest BCUT2D eigenvalue weighted by molar-refractivity contribution is 7.08. The number of nitrogens with zero attached hydrogens (tertiary/aromatic N) is 2. The Morgan fingerprint density at radius 1 is 1.14 bits per heavy atom. The Bertz CT molecular complexity index is 899. The number of hydrogen-bond donors (Lipinski definition) is 1. The summed E-state index contributed by atoms with van der Waals surface area (Å²) in [6.07, 6.45) is 1.82. The van der Waals surface area contributed by atoms with Crippen molar-refractivity contribution in [2.75, 3.05) is 0 Å². The number of amides is 1. The molecule has 0 radical (unpaired) electrons. The van der Waals surface area contributed by atoms with Gasteiger partial charge in [-0.25, -0.2) is 0 Å². The first-order valence-corrected chi connectivity index (χ1v) is 11.1. The molecule has 0 aliphatic carbocycles. The summed E-state index contributed by atoms with van der Waals surface area (Å²) in [5.41, 5.74) is 3.41. The van der Waals surface area contributed by atoms with Gasteiger partial charge in [-0.2, -0.15) is 16.3 Å². The van der Waals surface area contributed by atoms with Gasteiger partial charge in [0.05, 0.1) is 6.04 Å². The Morgan fingerprint density at radius 3 is 2.52 bits per heavy atom. The van der Waals surface area contributed by atoms with Gasteiger partial charge in [0.25, 0.3) is 0 Å². The van der Waals surface area contributed by atoms with Gasteiger partial charge in [0.2, 0.25) is 17.6 Å². The summed E-state index contributed by atoms with van der Waals surface area (Å²) >= 11 is 1.59. The molecule has 1 atom stereocenters. The van der Waals surface area contributed by atoms with Crippen molar-refractivity contribution in [2.45, 2.75) is 53.0 Å². The van der Waals surface area contributed by atoms with Crippen molar-refractivity contribution >= 4 is 17.2 Å². The Morgan fingerprint density at radius 2 is 1.90 bits per heavy atom. The molecule has 0 saturated heterocycles. The summed E-state index contributed by atoms with van der Waals surface area (Å²) in [6.45, 7) is 8.69. The molecule has 0 aliphatic heterocycles. The third kappa shape index (κ3) is 6.00. The van der Waals surface area contributed by atoms with E-state index in [-0.39, 0.29) is 11.9 Å². The molecule has 0 fully saturated rings. The SMILES string of the molecule is CC(C)Cc1ccc(C(NC(=O)CCc2nc(-c3ccsc3)no2)C(C)C)cc1. The fraction of sp³-hybridized carbons (Fsp3) is 0.435. The van der Waals surface area contributed by atoms with Crippen LogP contribution in [0.4, 0.5) is 0 Å². The lowest BCUT2D eigenvalue weighted by molar-refractivity contribution is -0.122. The monoisotopic (exact) mass is 411 g/mol. The molecule has 29 heavy (non-hydrogen) atoms. The molecule has 6 heteroatoms. The lowest BCUT2D eigenvalue weighted by Gasteiger charge is -2.23. The van der Waals surface area contributed by atoms with Crippen LogP contribution in [-0.4, -0.2) is 16.0 Å². The molecule has 0 saturated carbocycles. The molecule has 154 valence electrons. The maximum absolute atomic E-state index is 12.6. The zero-order valence-electron chi connectivity index (χ0n) is 17.5. The molecule has 1 aromatic carbocycles. The number of thiophene rings is 1. The van der Waals surface area contributed by atoms with Crippen LogP contribution in [0, 0.1) is 11.8 Å². The number of benzene rings is 1. The van der Waals surface area contributed by atoms with Crippen molar-refractivity contribution in [1.29, 1.82) is 0 Å². The first-order chi connectivity index (χ1) is 13.9. The molecule has 1 amide bonds. The molecule has 0 spiro atoms. The van der Waals surface area contributed by atoms with Crippen LogP contribution in [-0.2, 0) is 17.6 Å². The second-order valence-corrected chi connectivity index (χ2v) is 8.93. The van der Waals surface area contributed by atoms with Gasteiger partial charge in [0.15, 0.2) is 0 Å². The molecule has 1 unspecified atom stereocenters. The fourth-order valence-corrected chi connectivity index (χ4v) is 3.93. The van der Waals surface area contributed by atoms with Gasteiger partial charge >= 0.3 is 0 Å². The van der Waals surface area contributed by atoms with Gasteiger partial charge in [-0.15, -0.1) is 0 Å². The van der Waals surface area contributed by atoms with Crippen LogP contribution in [0.1, 0.15) is 57.2 Å². The highest BCUT2D eigenvalue weighted by Crippen LogP contribution is 2.23. The zero-order chi connectivity index (χ0) is 20.8. The maximum atomic E-state index is 12.6. The van der Waals surface area contributed by atoms with Crippen molar-refractivity contribution < 1.29 is 9.32 Å². The fourth-order valence-electron chi connectivity index (χ4n) is 3.30. The largest absolute Gasteiger partial charge is 0.349 e. The summed E-state index contributed by atoms with van der Waals surface area (Å²) < 4.78 is 5.28. The Labute approximate surface area is 176 Å². The predicted molar refractivity (Wildman–Crippen MR) is 117 cm³/mol. The molecule has 5 nitrogen and oxygen atoms in total. The van der Waals surface area contributed by atoms with Gasteiger partial charge < -0.3 is 9.84 Å². The molecule has 1 N–H and O–H groups in total. The molecular formula is C23H29N3O2S. The number of rotatable bonds is 9. The third-order valence-corrected chi connectivity index (χ3v) is 5.46. The minimum atomic E-state index is -0.0142. The van der Waals surface area contributed by atoms with Crippen LogP contribution in [0.25, 0.3) is 11.4 Å². The number of carbonyl (C=O) groups excluding carboxylic acids is 1. The van der Waals surface area contributed by atoms with Crippen LogP contribution in [0.3, 0.4) is 0 Å². The summed E-state index contributed by atoms with van der Waals surface area (Å²) in [5.74, 6) is 1.98. The zero-order valence-corrected chi connectivity index (χ0v) is 18.3. The van der Waals surface area contributed by atoms with Crippen molar-refractivity contribution in [3.8, 4) is 11.4 Å². The van der Waals surface area contributed by atoms with E-state index >= 15 is 0 Å². The van der Waals surface area contributed by atoms with Gasteiger partial charge in [-0.05, 0) is 40.8 Å². The molecule has 0 bridgehead atoms. The van der Waals surface area contributed by atoms with E-state index in [1.807, 2.05) is 16.8 Å². The van der Waals surface area contributed by atoms with Crippen LogP contribution < -0.4 is 5.32 Å². The summed E-state index contributed by atoms with van der Waals surface area (Å²) in [4.78, 5) is 16.9. The number of aryl methyl sites for hydroxylation is 1. The summed E-state index contributed by atoms with van der Waals surface area (Å²) in [6, 6.07) is 10.5. The number of aromatic nitrogens is 2. The lowest BCUT2D eigenvalue weighted by atomic mass is 9.93. The average molecular weight is 412 g/mol. The van der Waals surface area contributed by atoms with Crippen molar-refractivity contribution in [3.63, 3.8) is 0 Å². The Balaban J connectivity index is 1.57. The quantitative estimate of drug-likeness (QED) is 0.509. The van der Waals surface area contributed by atoms with Crippen molar-refractivity contribution in [1.82, 2.24) is 15.5 Å². The smallest absolute Gasteiger partial charge is 0.227 e. The molecule has 2 aromatic heterocycles. The highest BCUT2D eigenvalue weighted by Gasteiger charge is 2.19. The minimum absolute atomic E-state index is 0.00904. The Kier molecular flexibility index (Phi) is 7.20. The predicted octanol–water partition coefficient (Wildman–Crippen LogP) is 5.44. The number of carbonyl (C=O) groups is 1. The van der Waals surface area contributed by atoms with E-state index in [0.717, 1.165) is 17.5 Å².